The molecule has 0 amide bonds. The summed E-state index contributed by atoms with van der Waals surface area (Å²) in [7, 11) is 1.54. The molecule has 0 aromatic carbocycles. The van der Waals surface area contributed by atoms with Gasteiger partial charge in [0.05, 0.1) is 7.11 Å². The molecule has 0 spiro atoms. The van der Waals surface area contributed by atoms with Crippen LogP contribution in [0.5, 0.6) is 6.01 Å². The van der Waals surface area contributed by atoms with Gasteiger partial charge in [0.1, 0.15) is 0 Å². The van der Waals surface area contributed by atoms with Gasteiger partial charge in [-0.15, -0.1) is 0 Å². The third kappa shape index (κ3) is 3.30. The predicted octanol–water partition coefficient (Wildman–Crippen LogP) is 0.560. The van der Waals surface area contributed by atoms with E-state index in [1.807, 2.05) is 0 Å². The summed E-state index contributed by atoms with van der Waals surface area (Å²) in [6, 6.07) is 1.92. The van der Waals surface area contributed by atoms with Crippen LogP contribution in [-0.2, 0) is 6.54 Å². The van der Waals surface area contributed by atoms with Gasteiger partial charge in [-0.05, 0) is 32.2 Å². The van der Waals surface area contributed by atoms with Crippen molar-refractivity contribution in [2.75, 3.05) is 20.2 Å². The number of nitrogens with one attached hydrogen (secondary N) is 1. The van der Waals surface area contributed by atoms with Crippen LogP contribution in [0.15, 0.2) is 10.9 Å². The van der Waals surface area contributed by atoms with Crippen LogP contribution in [0.2, 0.25) is 0 Å². The summed E-state index contributed by atoms with van der Waals surface area (Å²) >= 11 is 0. The molecular weight excluding hydrogens is 218 g/mol. The minimum Gasteiger partial charge on any atom is -0.468 e. The first-order valence-corrected chi connectivity index (χ1v) is 6.04. The Morgan fingerprint density at radius 3 is 3.00 bits per heavy atom. The summed E-state index contributed by atoms with van der Waals surface area (Å²) in [5, 5.41) is 3.35. The van der Waals surface area contributed by atoms with Crippen LogP contribution in [0.25, 0.3) is 0 Å². The first kappa shape index (κ1) is 12.1. The van der Waals surface area contributed by atoms with Crippen LogP contribution in [0.4, 0.5) is 0 Å². The number of hydrogen-bond donors (Lipinski definition) is 1. The fourth-order valence-corrected chi connectivity index (χ4v) is 1.78. The van der Waals surface area contributed by atoms with Crippen molar-refractivity contribution in [2.45, 2.75) is 26.3 Å². The van der Waals surface area contributed by atoms with E-state index in [1.165, 1.54) is 26.0 Å². The summed E-state index contributed by atoms with van der Waals surface area (Å²) in [5.41, 5.74) is 0.636. The monoisotopic (exact) mass is 237 g/mol. The van der Waals surface area contributed by atoms with Crippen LogP contribution in [0.1, 0.15) is 18.5 Å². The Hall–Kier alpha value is -1.36. The molecule has 1 aromatic rings. The third-order valence-electron chi connectivity index (χ3n) is 2.93. The summed E-state index contributed by atoms with van der Waals surface area (Å²) in [6.07, 6.45) is 2.67. The Bertz CT molecular complexity index is 438. The molecule has 0 bridgehead atoms. The largest absolute Gasteiger partial charge is 0.468 e. The highest BCUT2D eigenvalue weighted by Crippen LogP contribution is 2.27. The van der Waals surface area contributed by atoms with Gasteiger partial charge in [0, 0.05) is 24.8 Å². The van der Waals surface area contributed by atoms with E-state index >= 15 is 0 Å². The van der Waals surface area contributed by atoms with Crippen molar-refractivity contribution in [2.24, 2.45) is 5.92 Å². The maximum Gasteiger partial charge on any atom is 0.299 e. The highest BCUT2D eigenvalue weighted by atomic mass is 16.5. The Morgan fingerprint density at radius 2 is 2.35 bits per heavy atom. The Kier molecular flexibility index (Phi) is 3.78. The Morgan fingerprint density at radius 1 is 1.59 bits per heavy atom. The van der Waals surface area contributed by atoms with E-state index in [4.69, 9.17) is 4.74 Å². The first-order valence-electron chi connectivity index (χ1n) is 6.04. The van der Waals surface area contributed by atoms with E-state index in [-0.39, 0.29) is 5.56 Å². The number of aromatic nitrogens is 2. The van der Waals surface area contributed by atoms with Crippen molar-refractivity contribution >= 4 is 0 Å². The Balaban J connectivity index is 1.95. The molecule has 1 heterocycles. The lowest BCUT2D eigenvalue weighted by Crippen LogP contribution is -2.29. The quantitative estimate of drug-likeness (QED) is 0.735. The van der Waals surface area contributed by atoms with Gasteiger partial charge in [-0.2, -0.15) is 0 Å². The highest BCUT2D eigenvalue weighted by molar-refractivity contribution is 5.06. The van der Waals surface area contributed by atoms with Crippen molar-refractivity contribution in [1.82, 2.24) is 14.9 Å². The fraction of sp³-hybridized carbons (Fsp3) is 0.667. The molecule has 0 saturated heterocycles. The van der Waals surface area contributed by atoms with E-state index in [9.17, 15) is 4.79 Å². The van der Waals surface area contributed by atoms with Gasteiger partial charge >= 0.3 is 0 Å². The minimum absolute atomic E-state index is 0.0532. The van der Waals surface area contributed by atoms with E-state index in [1.54, 1.807) is 11.5 Å². The van der Waals surface area contributed by atoms with Gasteiger partial charge in [0.25, 0.3) is 11.6 Å². The van der Waals surface area contributed by atoms with Crippen molar-refractivity contribution in [3.63, 3.8) is 0 Å². The summed E-state index contributed by atoms with van der Waals surface area (Å²) in [6.45, 7) is 4.22. The average Bonchev–Trinajstić information content (AvgIpc) is 3.09. The number of nitrogens with zero attached hydrogens (tertiary/aromatic N) is 2. The van der Waals surface area contributed by atoms with E-state index < -0.39 is 0 Å². The molecule has 0 unspecified atom stereocenters. The van der Waals surface area contributed by atoms with Crippen LogP contribution in [-0.4, -0.2) is 29.8 Å². The van der Waals surface area contributed by atoms with E-state index in [2.05, 4.69) is 10.3 Å². The van der Waals surface area contributed by atoms with Gasteiger partial charge < -0.3 is 10.1 Å². The van der Waals surface area contributed by atoms with Crippen molar-refractivity contribution in [3.8, 4) is 6.01 Å². The predicted molar refractivity (Wildman–Crippen MR) is 65.4 cm³/mol. The first-order chi connectivity index (χ1) is 8.20. The number of hydrogen-bond acceptors (Lipinski definition) is 4. The molecule has 5 nitrogen and oxygen atoms in total. The fourth-order valence-electron chi connectivity index (χ4n) is 1.78. The van der Waals surface area contributed by atoms with Gasteiger partial charge in [-0.3, -0.25) is 9.36 Å². The third-order valence-corrected chi connectivity index (χ3v) is 2.93. The number of aryl methyl sites for hydroxylation is 1. The zero-order valence-corrected chi connectivity index (χ0v) is 10.4. The van der Waals surface area contributed by atoms with Gasteiger partial charge in [0.2, 0.25) is 0 Å². The molecule has 0 radical (unpaired) electrons. The van der Waals surface area contributed by atoms with Crippen molar-refractivity contribution in [1.29, 1.82) is 0 Å². The smallest absolute Gasteiger partial charge is 0.299 e. The summed E-state index contributed by atoms with van der Waals surface area (Å²) in [5.74, 6) is 0.852. The van der Waals surface area contributed by atoms with Crippen molar-refractivity contribution < 1.29 is 4.74 Å². The van der Waals surface area contributed by atoms with E-state index in [0.29, 0.717) is 18.2 Å². The number of methoxy groups -OCH3 is 1. The topological polar surface area (TPSA) is 56.1 Å². The zero-order valence-electron chi connectivity index (χ0n) is 10.4. The second-order valence-electron chi connectivity index (χ2n) is 4.52. The molecule has 1 fully saturated rings. The molecule has 0 atom stereocenters. The molecule has 0 aliphatic heterocycles. The van der Waals surface area contributed by atoms with Gasteiger partial charge in [-0.1, -0.05) is 0 Å². The van der Waals surface area contributed by atoms with E-state index in [0.717, 1.165) is 19.0 Å². The molecule has 1 saturated carbocycles. The standard InChI is InChI=1S/C12H19N3O2/c1-9-7-11(16)15(12(14-9)17-2)6-5-13-8-10-3-4-10/h7,10,13H,3-6,8H2,1-2H3. The van der Waals surface area contributed by atoms with Gasteiger partial charge in [0.15, 0.2) is 0 Å². The second-order valence-corrected chi connectivity index (χ2v) is 4.52. The second kappa shape index (κ2) is 5.31. The molecule has 1 N–H and O–H groups in total. The number of rotatable bonds is 6. The number of ether oxygens (including phenoxy) is 1. The SMILES string of the molecule is COc1nc(C)cc(=O)n1CCNCC1CC1. The Labute approximate surface area is 101 Å². The lowest BCUT2D eigenvalue weighted by molar-refractivity contribution is 0.342. The molecule has 1 aromatic heterocycles. The van der Waals surface area contributed by atoms with Crippen LogP contribution in [0, 0.1) is 12.8 Å². The maximum atomic E-state index is 11.8. The lowest BCUT2D eigenvalue weighted by Gasteiger charge is -2.11. The molecule has 5 heteroatoms. The molecule has 2 rings (SSSR count). The van der Waals surface area contributed by atoms with Gasteiger partial charge in [-0.25, -0.2) is 4.98 Å². The molecule has 1 aliphatic rings. The molecular formula is C12H19N3O2. The van der Waals surface area contributed by atoms with Crippen LogP contribution < -0.4 is 15.6 Å². The minimum atomic E-state index is -0.0532. The summed E-state index contributed by atoms with van der Waals surface area (Å²) in [4.78, 5) is 16.0. The molecule has 17 heavy (non-hydrogen) atoms. The van der Waals surface area contributed by atoms with Crippen LogP contribution in [0.3, 0.4) is 0 Å². The normalized spacial score (nSPS) is 14.9. The molecule has 94 valence electrons. The van der Waals surface area contributed by atoms with Crippen LogP contribution >= 0.6 is 0 Å². The molecule has 1 aliphatic carbocycles. The maximum absolute atomic E-state index is 11.8. The van der Waals surface area contributed by atoms with Crippen molar-refractivity contribution in [3.05, 3.63) is 22.1 Å². The highest BCUT2D eigenvalue weighted by Gasteiger charge is 2.20. The lowest BCUT2D eigenvalue weighted by atomic mass is 10.4. The summed E-state index contributed by atoms with van der Waals surface area (Å²) < 4.78 is 6.68. The zero-order chi connectivity index (χ0) is 12.3. The average molecular weight is 237 g/mol.